The lowest BCUT2D eigenvalue weighted by atomic mass is 10.1. The zero-order valence-corrected chi connectivity index (χ0v) is 8.57. The number of aromatic nitrogens is 2. The van der Waals surface area contributed by atoms with Crippen LogP contribution in [0.3, 0.4) is 0 Å². The van der Waals surface area contributed by atoms with Gasteiger partial charge in [0.05, 0.1) is 5.56 Å². The fourth-order valence-electron chi connectivity index (χ4n) is 1.44. The number of hydrogen-bond acceptors (Lipinski definition) is 2. The lowest BCUT2D eigenvalue weighted by molar-refractivity contribution is -0.137. The van der Waals surface area contributed by atoms with Crippen molar-refractivity contribution in [3.8, 4) is 0 Å². The molecular weight excluding hydrogens is 233 g/mol. The number of aromatic amines is 1. The lowest BCUT2D eigenvalue weighted by Crippen LogP contribution is -2.06. The molecule has 0 spiro atoms. The van der Waals surface area contributed by atoms with Gasteiger partial charge in [-0.1, -0.05) is 12.1 Å². The van der Waals surface area contributed by atoms with E-state index in [0.29, 0.717) is 11.4 Å². The summed E-state index contributed by atoms with van der Waals surface area (Å²) in [5, 5.41) is 9.80. The van der Waals surface area contributed by atoms with Gasteiger partial charge in [-0.2, -0.15) is 13.2 Å². The van der Waals surface area contributed by atoms with Gasteiger partial charge in [-0.3, -0.25) is 0 Å². The van der Waals surface area contributed by atoms with Crippen LogP contribution in [0.4, 0.5) is 13.2 Å². The van der Waals surface area contributed by atoms with Crippen molar-refractivity contribution in [3.05, 3.63) is 53.6 Å². The molecule has 17 heavy (non-hydrogen) atoms. The predicted octanol–water partition coefficient (Wildman–Crippen LogP) is 2.51. The maximum absolute atomic E-state index is 12.3. The normalized spacial score (nSPS) is 13.6. The van der Waals surface area contributed by atoms with E-state index in [1.807, 2.05) is 0 Å². The minimum Gasteiger partial charge on any atom is -0.380 e. The van der Waals surface area contributed by atoms with Crippen molar-refractivity contribution in [1.29, 1.82) is 0 Å². The largest absolute Gasteiger partial charge is 0.416 e. The molecule has 90 valence electrons. The molecule has 2 aromatic rings. The number of hydrogen-bond donors (Lipinski definition) is 2. The van der Waals surface area contributed by atoms with Crippen LogP contribution in [0.1, 0.15) is 23.1 Å². The molecule has 1 atom stereocenters. The van der Waals surface area contributed by atoms with E-state index in [1.54, 1.807) is 0 Å². The van der Waals surface area contributed by atoms with Gasteiger partial charge in [0.15, 0.2) is 0 Å². The number of imidazole rings is 1. The van der Waals surface area contributed by atoms with Gasteiger partial charge >= 0.3 is 6.18 Å². The molecule has 6 heteroatoms. The molecule has 0 fully saturated rings. The summed E-state index contributed by atoms with van der Waals surface area (Å²) in [5.74, 6) is 0.296. The SMILES string of the molecule is OC(c1ccc(C(F)(F)F)cc1)c1ncc[nH]1. The highest BCUT2D eigenvalue weighted by Crippen LogP contribution is 2.30. The molecule has 1 unspecified atom stereocenters. The molecule has 2 rings (SSSR count). The first kappa shape index (κ1) is 11.7. The number of nitrogens with one attached hydrogen (secondary N) is 1. The van der Waals surface area contributed by atoms with Crippen LogP contribution in [0.15, 0.2) is 36.7 Å². The molecule has 1 heterocycles. The molecule has 0 saturated carbocycles. The zero-order valence-electron chi connectivity index (χ0n) is 8.57. The first-order valence-corrected chi connectivity index (χ1v) is 4.83. The smallest absolute Gasteiger partial charge is 0.380 e. The second-order valence-corrected chi connectivity index (χ2v) is 3.50. The number of H-pyrrole nitrogens is 1. The number of nitrogens with zero attached hydrogens (tertiary/aromatic N) is 1. The Labute approximate surface area is 94.9 Å². The fourth-order valence-corrected chi connectivity index (χ4v) is 1.44. The minimum atomic E-state index is -4.37. The van der Waals surface area contributed by atoms with Crippen LogP contribution in [-0.2, 0) is 6.18 Å². The molecule has 0 radical (unpaired) electrons. The Morgan fingerprint density at radius 2 is 1.82 bits per heavy atom. The molecule has 1 aromatic carbocycles. The summed E-state index contributed by atoms with van der Waals surface area (Å²) in [4.78, 5) is 6.53. The fraction of sp³-hybridized carbons (Fsp3) is 0.182. The van der Waals surface area contributed by atoms with Crippen molar-refractivity contribution in [2.24, 2.45) is 0 Å². The molecular formula is C11H9F3N2O. The molecule has 0 amide bonds. The van der Waals surface area contributed by atoms with Crippen LogP contribution in [-0.4, -0.2) is 15.1 Å². The molecule has 1 aromatic heterocycles. The van der Waals surface area contributed by atoms with E-state index in [4.69, 9.17) is 0 Å². The summed E-state index contributed by atoms with van der Waals surface area (Å²) in [6.07, 6.45) is -2.42. The number of alkyl halides is 3. The summed E-state index contributed by atoms with van der Waals surface area (Å²) in [6.45, 7) is 0. The predicted molar refractivity (Wildman–Crippen MR) is 54.1 cm³/mol. The molecule has 0 bridgehead atoms. The van der Waals surface area contributed by atoms with Crippen LogP contribution in [0.25, 0.3) is 0 Å². The van der Waals surface area contributed by atoms with Crippen LogP contribution in [0.2, 0.25) is 0 Å². The third kappa shape index (κ3) is 2.47. The summed E-state index contributed by atoms with van der Waals surface area (Å²) in [5.41, 5.74) is -0.388. The first-order chi connectivity index (χ1) is 7.98. The van der Waals surface area contributed by atoms with Gasteiger partial charge in [0, 0.05) is 12.4 Å². The van der Waals surface area contributed by atoms with Gasteiger partial charge < -0.3 is 10.1 Å². The van der Waals surface area contributed by atoms with E-state index in [1.165, 1.54) is 24.5 Å². The van der Waals surface area contributed by atoms with Crippen molar-refractivity contribution < 1.29 is 18.3 Å². The Bertz CT molecular complexity index is 476. The Morgan fingerprint density at radius 3 is 2.29 bits per heavy atom. The van der Waals surface area contributed by atoms with Gasteiger partial charge in [0.1, 0.15) is 11.9 Å². The number of aliphatic hydroxyl groups is 1. The minimum absolute atomic E-state index is 0.296. The number of halogens is 3. The maximum Gasteiger partial charge on any atom is 0.416 e. The third-order valence-electron chi connectivity index (χ3n) is 2.33. The Hall–Kier alpha value is -1.82. The van der Waals surface area contributed by atoms with E-state index in [0.717, 1.165) is 12.1 Å². The average molecular weight is 242 g/mol. The summed E-state index contributed by atoms with van der Waals surface area (Å²) < 4.78 is 36.9. The van der Waals surface area contributed by atoms with Gasteiger partial charge in [0.2, 0.25) is 0 Å². The van der Waals surface area contributed by atoms with E-state index in [-0.39, 0.29) is 0 Å². The monoisotopic (exact) mass is 242 g/mol. The van der Waals surface area contributed by atoms with E-state index >= 15 is 0 Å². The van der Waals surface area contributed by atoms with Gasteiger partial charge in [-0.15, -0.1) is 0 Å². The average Bonchev–Trinajstić information content (AvgIpc) is 2.80. The Balaban J connectivity index is 2.24. The van der Waals surface area contributed by atoms with Crippen molar-refractivity contribution in [2.75, 3.05) is 0 Å². The summed E-state index contributed by atoms with van der Waals surface area (Å²) in [6, 6.07) is 4.33. The van der Waals surface area contributed by atoms with Crippen molar-refractivity contribution >= 4 is 0 Å². The number of aliphatic hydroxyl groups excluding tert-OH is 1. The van der Waals surface area contributed by atoms with Gasteiger partial charge in [-0.05, 0) is 17.7 Å². The van der Waals surface area contributed by atoms with Gasteiger partial charge in [0.25, 0.3) is 0 Å². The molecule has 2 N–H and O–H groups in total. The van der Waals surface area contributed by atoms with Crippen molar-refractivity contribution in [2.45, 2.75) is 12.3 Å². The third-order valence-corrected chi connectivity index (χ3v) is 2.33. The van der Waals surface area contributed by atoms with E-state index in [9.17, 15) is 18.3 Å². The molecule has 3 nitrogen and oxygen atoms in total. The van der Waals surface area contributed by atoms with E-state index < -0.39 is 17.8 Å². The van der Waals surface area contributed by atoms with Crippen LogP contribution in [0.5, 0.6) is 0 Å². The lowest BCUT2D eigenvalue weighted by Gasteiger charge is -2.10. The zero-order chi connectivity index (χ0) is 12.5. The highest BCUT2D eigenvalue weighted by atomic mass is 19.4. The number of rotatable bonds is 2. The van der Waals surface area contributed by atoms with Crippen LogP contribution >= 0.6 is 0 Å². The van der Waals surface area contributed by atoms with Crippen LogP contribution in [0, 0.1) is 0 Å². The van der Waals surface area contributed by atoms with E-state index in [2.05, 4.69) is 9.97 Å². The quantitative estimate of drug-likeness (QED) is 0.850. The first-order valence-electron chi connectivity index (χ1n) is 4.83. The molecule has 0 saturated heterocycles. The highest BCUT2D eigenvalue weighted by molar-refractivity contribution is 5.28. The molecule has 0 aliphatic carbocycles. The summed E-state index contributed by atoms with van der Waals surface area (Å²) in [7, 11) is 0. The Morgan fingerprint density at radius 1 is 1.18 bits per heavy atom. The molecule has 0 aliphatic rings. The highest BCUT2D eigenvalue weighted by Gasteiger charge is 2.30. The molecule has 0 aliphatic heterocycles. The topological polar surface area (TPSA) is 48.9 Å². The second kappa shape index (κ2) is 4.21. The maximum atomic E-state index is 12.3. The second-order valence-electron chi connectivity index (χ2n) is 3.50. The standard InChI is InChI=1S/C11H9F3N2O/c12-11(13,14)8-3-1-7(2-4-8)9(17)10-15-5-6-16-10/h1-6,9,17H,(H,15,16). The Kier molecular flexibility index (Phi) is 2.89. The van der Waals surface area contributed by atoms with Gasteiger partial charge in [-0.25, -0.2) is 4.98 Å². The van der Waals surface area contributed by atoms with Crippen molar-refractivity contribution in [1.82, 2.24) is 9.97 Å². The number of benzene rings is 1. The van der Waals surface area contributed by atoms with Crippen molar-refractivity contribution in [3.63, 3.8) is 0 Å². The van der Waals surface area contributed by atoms with Crippen LogP contribution < -0.4 is 0 Å². The summed E-state index contributed by atoms with van der Waals surface area (Å²) >= 11 is 0.